The zero-order valence-electron chi connectivity index (χ0n) is 18.8. The van der Waals surface area contributed by atoms with E-state index >= 15 is 0 Å². The summed E-state index contributed by atoms with van der Waals surface area (Å²) >= 11 is -1.11. The first kappa shape index (κ1) is 24.3. The molecule has 0 atom stereocenters. The standard InChI is InChI=1S/2C6H18NSi2.C4H9.Al/c2*1-8(2,3)7-9(4,5)6;1-4(2)3;/h2*1-6H3;4H,1H2,2-3H3;/q2*-1;;+2. The van der Waals surface area contributed by atoms with Gasteiger partial charge in [-0.25, -0.2) is 0 Å². The van der Waals surface area contributed by atoms with E-state index in [1.54, 1.807) is 0 Å². The molecule has 0 saturated carbocycles. The van der Waals surface area contributed by atoms with Gasteiger partial charge in [-0.3, -0.25) is 0 Å². The third-order valence-electron chi connectivity index (χ3n) is 4.17. The van der Waals surface area contributed by atoms with E-state index in [4.69, 9.17) is 0 Å². The van der Waals surface area contributed by atoms with Gasteiger partial charge >= 0.3 is 14.6 Å². The minimum Gasteiger partial charge on any atom is -0.418 e. The van der Waals surface area contributed by atoms with Crippen LogP contribution in [0.25, 0.3) is 0 Å². The van der Waals surface area contributed by atoms with Crippen molar-refractivity contribution in [2.75, 3.05) is 0 Å². The predicted molar refractivity (Wildman–Crippen MR) is 122 cm³/mol. The molecule has 0 aliphatic rings. The largest absolute Gasteiger partial charge is 0.459 e. The maximum atomic E-state index is 3.22. The number of nitrogens with zero attached hydrogens (tertiary/aromatic N) is 2. The lowest BCUT2D eigenvalue weighted by atomic mass is 10.3. The first-order chi connectivity index (χ1) is 9.79. The Balaban J connectivity index is 6.28. The molecular weight excluding hydrogens is 360 g/mol. The first-order valence-electron chi connectivity index (χ1n) is 9.38. The molecule has 7 heteroatoms. The monoisotopic (exact) mass is 404 g/mol. The molecule has 2 nitrogen and oxygen atoms in total. The van der Waals surface area contributed by atoms with Crippen molar-refractivity contribution in [3.05, 3.63) is 0 Å². The molecule has 0 aromatic heterocycles. The second-order valence-corrected chi connectivity index (χ2v) is 36.3. The fourth-order valence-corrected chi connectivity index (χ4v) is 40.5. The molecule has 138 valence electrons. The highest BCUT2D eigenvalue weighted by atomic mass is 28.4. The Morgan fingerprint density at radius 2 is 0.783 bits per heavy atom. The van der Waals surface area contributed by atoms with Crippen molar-refractivity contribution in [1.29, 1.82) is 0 Å². The Kier molecular flexibility index (Phi) is 8.37. The first-order valence-corrected chi connectivity index (χ1v) is 25.0. The quantitative estimate of drug-likeness (QED) is 0.453. The second-order valence-electron chi connectivity index (χ2n) is 11.5. The summed E-state index contributed by atoms with van der Waals surface area (Å²) in [7, 11) is -5.25. The average Bonchev–Trinajstić information content (AvgIpc) is 2.04. The highest BCUT2D eigenvalue weighted by Crippen LogP contribution is 2.32. The van der Waals surface area contributed by atoms with Gasteiger partial charge in [0.15, 0.2) is 0 Å². The van der Waals surface area contributed by atoms with E-state index in [0.29, 0.717) is 0 Å². The van der Waals surface area contributed by atoms with Crippen LogP contribution in [0.4, 0.5) is 0 Å². The third-order valence-corrected chi connectivity index (χ3v) is 33.4. The summed E-state index contributed by atoms with van der Waals surface area (Å²) in [6.45, 7) is 36.0. The average molecular weight is 405 g/mol. The molecule has 23 heavy (non-hydrogen) atoms. The van der Waals surface area contributed by atoms with Crippen molar-refractivity contribution in [2.45, 2.75) is 97.7 Å². The highest BCUT2D eigenvalue weighted by Gasteiger charge is 2.51. The molecule has 0 aromatic rings. The molecule has 0 aromatic carbocycles. The minimum atomic E-state index is -1.31. The molecular formula is C16H45AlN2Si4. The summed E-state index contributed by atoms with van der Waals surface area (Å²) in [5, 5.41) is 1.46. The van der Waals surface area contributed by atoms with E-state index < -0.39 is 47.5 Å². The van der Waals surface area contributed by atoms with Crippen LogP contribution in [0, 0.1) is 5.92 Å². The maximum Gasteiger partial charge on any atom is 0.459 e. The highest BCUT2D eigenvalue weighted by molar-refractivity contribution is 7.06. The number of hydrogen-bond donors (Lipinski definition) is 0. The molecule has 0 amide bonds. The van der Waals surface area contributed by atoms with Crippen LogP contribution in [0.5, 0.6) is 0 Å². The van der Waals surface area contributed by atoms with Crippen LogP contribution in [0.2, 0.25) is 83.8 Å². The van der Waals surface area contributed by atoms with Crippen molar-refractivity contribution in [1.82, 2.24) is 6.43 Å². The van der Waals surface area contributed by atoms with E-state index in [2.05, 4.69) is 98.8 Å². The summed E-state index contributed by atoms with van der Waals surface area (Å²) in [6.07, 6.45) is 0. The number of rotatable bonds is 8. The van der Waals surface area contributed by atoms with Gasteiger partial charge in [0, 0.05) is 0 Å². The van der Waals surface area contributed by atoms with Crippen molar-refractivity contribution in [3.8, 4) is 0 Å². The van der Waals surface area contributed by atoms with Crippen LogP contribution in [-0.2, 0) is 0 Å². The fraction of sp³-hybridized carbons (Fsp3) is 1.00. The van der Waals surface area contributed by atoms with Gasteiger partial charge < -0.3 is 6.43 Å². The van der Waals surface area contributed by atoms with Crippen LogP contribution >= 0.6 is 0 Å². The lowest BCUT2D eigenvalue weighted by Crippen LogP contribution is -2.77. The molecule has 0 saturated heterocycles. The molecule has 0 spiro atoms. The second kappa shape index (κ2) is 7.91. The Bertz CT molecular complexity index is 316. The van der Waals surface area contributed by atoms with Crippen LogP contribution in [-0.4, -0.2) is 54.0 Å². The van der Waals surface area contributed by atoms with Crippen LogP contribution in [0.1, 0.15) is 13.8 Å². The minimum absolute atomic E-state index is 0.817. The summed E-state index contributed by atoms with van der Waals surface area (Å²) in [5.41, 5.74) is 0. The number of hydrogen-bond acceptors (Lipinski definition) is 2. The van der Waals surface area contributed by atoms with E-state index in [1.807, 2.05) is 0 Å². The third kappa shape index (κ3) is 7.61. The summed E-state index contributed by atoms with van der Waals surface area (Å²) < 4.78 is 6.44. The lowest BCUT2D eigenvalue weighted by Gasteiger charge is -2.57. The van der Waals surface area contributed by atoms with Crippen molar-refractivity contribution < 1.29 is 0 Å². The zero-order chi connectivity index (χ0) is 19.0. The summed E-state index contributed by atoms with van der Waals surface area (Å²) in [5.74, 6) is 0.817. The van der Waals surface area contributed by atoms with E-state index in [1.165, 1.54) is 5.28 Å². The molecule has 0 bridgehead atoms. The summed E-state index contributed by atoms with van der Waals surface area (Å²) in [6, 6.07) is 0. The van der Waals surface area contributed by atoms with Gasteiger partial charge in [-0.2, -0.15) is 0 Å². The van der Waals surface area contributed by atoms with Crippen LogP contribution < -0.4 is 0 Å². The van der Waals surface area contributed by atoms with Gasteiger partial charge in [0.2, 0.25) is 0 Å². The Labute approximate surface area is 157 Å². The fourth-order valence-electron chi connectivity index (χ4n) is 4.55. The molecule has 0 heterocycles. The SMILES string of the molecule is CC(C)[CH2][Al]([N]([Si](C)(C)C)[Si](C)(C)C)[N]([Si](C)(C)C)[Si](C)(C)C. The molecule has 0 unspecified atom stereocenters. The lowest BCUT2D eigenvalue weighted by molar-refractivity contribution is 0.670. The van der Waals surface area contributed by atoms with E-state index in [0.717, 1.165) is 5.92 Å². The zero-order valence-corrected chi connectivity index (χ0v) is 23.9. The molecule has 0 N–H and O–H groups in total. The Morgan fingerprint density at radius 1 is 0.565 bits per heavy atom. The van der Waals surface area contributed by atoms with Crippen molar-refractivity contribution in [3.63, 3.8) is 0 Å². The molecule has 0 rings (SSSR count). The predicted octanol–water partition coefficient (Wildman–Crippen LogP) is 6.07. The van der Waals surface area contributed by atoms with Gasteiger partial charge in [0.25, 0.3) is 0 Å². The van der Waals surface area contributed by atoms with Gasteiger partial charge in [0.05, 0.1) is 32.9 Å². The van der Waals surface area contributed by atoms with Crippen LogP contribution in [0.3, 0.4) is 0 Å². The topological polar surface area (TPSA) is 6.48 Å². The van der Waals surface area contributed by atoms with Gasteiger partial charge in [-0.05, 0) is 0 Å². The van der Waals surface area contributed by atoms with Crippen molar-refractivity contribution in [2.24, 2.45) is 5.92 Å². The molecule has 0 aliphatic heterocycles. The summed E-state index contributed by atoms with van der Waals surface area (Å²) in [4.78, 5) is 0. The van der Waals surface area contributed by atoms with Gasteiger partial charge in [-0.1, -0.05) is 104 Å². The molecule has 0 fully saturated rings. The molecule has 0 radical (unpaired) electrons. The smallest absolute Gasteiger partial charge is 0.418 e. The van der Waals surface area contributed by atoms with Crippen molar-refractivity contribution >= 4 is 47.5 Å². The molecule has 0 aliphatic carbocycles. The van der Waals surface area contributed by atoms with E-state index in [9.17, 15) is 0 Å². The Hall–Kier alpha value is 1.32. The normalized spacial score (nSPS) is 15.0. The van der Waals surface area contributed by atoms with E-state index in [-0.39, 0.29) is 0 Å². The Morgan fingerprint density at radius 3 is 0.913 bits per heavy atom. The maximum absolute atomic E-state index is 3.22. The van der Waals surface area contributed by atoms with Gasteiger partial charge in [-0.15, -0.1) is 0 Å². The van der Waals surface area contributed by atoms with Gasteiger partial charge in [0.1, 0.15) is 0 Å². The van der Waals surface area contributed by atoms with Crippen LogP contribution in [0.15, 0.2) is 0 Å².